The highest BCUT2D eigenvalue weighted by atomic mass is 19.1. The van der Waals surface area contributed by atoms with Crippen LogP contribution >= 0.6 is 0 Å². The molecule has 0 aliphatic rings. The minimum atomic E-state index is -0.434. The molecule has 25 heavy (non-hydrogen) atoms. The summed E-state index contributed by atoms with van der Waals surface area (Å²) < 4.78 is 29.6. The van der Waals surface area contributed by atoms with Crippen molar-refractivity contribution in [2.24, 2.45) is 0 Å². The van der Waals surface area contributed by atoms with Crippen LogP contribution in [0, 0.1) is 12.7 Å². The number of rotatable bonds is 9. The summed E-state index contributed by atoms with van der Waals surface area (Å²) in [7, 11) is 1.56. The van der Waals surface area contributed by atoms with Gasteiger partial charge < -0.3 is 18.8 Å². The number of oxazole rings is 1. The van der Waals surface area contributed by atoms with Gasteiger partial charge in [-0.2, -0.15) is 0 Å². The number of carbonyl (C=O) groups excluding carboxylic acids is 1. The van der Waals surface area contributed by atoms with Gasteiger partial charge in [0.05, 0.1) is 18.8 Å². The van der Waals surface area contributed by atoms with E-state index in [4.69, 9.17) is 13.9 Å². The number of nitrogens with zero attached hydrogens (tertiary/aromatic N) is 2. The molecule has 0 radical (unpaired) electrons. The SMILES string of the molecule is CCc1nc(C)c(C(=O)N(CCOC)CCOc2ccccc2F)o1. The Morgan fingerprint density at radius 1 is 1.28 bits per heavy atom. The van der Waals surface area contributed by atoms with Crippen molar-refractivity contribution in [1.29, 1.82) is 0 Å². The predicted octanol–water partition coefficient (Wildman–Crippen LogP) is 2.85. The third-order valence-corrected chi connectivity index (χ3v) is 3.65. The number of ether oxygens (including phenoxy) is 2. The lowest BCUT2D eigenvalue weighted by Crippen LogP contribution is -2.37. The van der Waals surface area contributed by atoms with Gasteiger partial charge in [-0.3, -0.25) is 4.79 Å². The molecule has 0 saturated heterocycles. The number of aromatic nitrogens is 1. The van der Waals surface area contributed by atoms with Gasteiger partial charge >= 0.3 is 0 Å². The molecule has 0 unspecified atom stereocenters. The van der Waals surface area contributed by atoms with E-state index in [1.165, 1.54) is 6.07 Å². The number of para-hydroxylation sites is 1. The Hall–Kier alpha value is -2.41. The molecule has 1 heterocycles. The molecule has 0 fully saturated rings. The first-order chi connectivity index (χ1) is 12.1. The van der Waals surface area contributed by atoms with E-state index < -0.39 is 5.82 Å². The number of hydrogen-bond acceptors (Lipinski definition) is 5. The second-order valence-corrected chi connectivity index (χ2v) is 5.44. The van der Waals surface area contributed by atoms with Crippen molar-refractivity contribution in [1.82, 2.24) is 9.88 Å². The van der Waals surface area contributed by atoms with Gasteiger partial charge in [0.1, 0.15) is 6.61 Å². The van der Waals surface area contributed by atoms with E-state index in [-0.39, 0.29) is 30.6 Å². The van der Waals surface area contributed by atoms with Crippen LogP contribution in [0.4, 0.5) is 4.39 Å². The lowest BCUT2D eigenvalue weighted by Gasteiger charge is -2.21. The first-order valence-corrected chi connectivity index (χ1v) is 8.18. The Morgan fingerprint density at radius 2 is 2.00 bits per heavy atom. The average molecular weight is 350 g/mol. The van der Waals surface area contributed by atoms with Crippen LogP contribution < -0.4 is 4.74 Å². The summed E-state index contributed by atoms with van der Waals surface area (Å²) in [6.07, 6.45) is 0.614. The topological polar surface area (TPSA) is 64.8 Å². The molecule has 0 bridgehead atoms. The molecule has 7 heteroatoms. The first kappa shape index (κ1) is 18.9. The zero-order valence-electron chi connectivity index (χ0n) is 14.8. The lowest BCUT2D eigenvalue weighted by molar-refractivity contribution is 0.0631. The van der Waals surface area contributed by atoms with Crippen LogP contribution in [-0.2, 0) is 11.2 Å². The quantitative estimate of drug-likeness (QED) is 0.696. The highest BCUT2D eigenvalue weighted by Gasteiger charge is 2.23. The summed E-state index contributed by atoms with van der Waals surface area (Å²) >= 11 is 0. The van der Waals surface area contributed by atoms with E-state index in [9.17, 15) is 9.18 Å². The summed E-state index contributed by atoms with van der Waals surface area (Å²) in [4.78, 5) is 18.5. The number of aryl methyl sites for hydroxylation is 2. The molecule has 6 nitrogen and oxygen atoms in total. The minimum absolute atomic E-state index is 0.157. The molecular weight excluding hydrogens is 327 g/mol. The van der Waals surface area contributed by atoms with E-state index >= 15 is 0 Å². The molecule has 0 spiro atoms. The van der Waals surface area contributed by atoms with Crippen LogP contribution in [0.5, 0.6) is 5.75 Å². The maximum Gasteiger partial charge on any atom is 0.291 e. The summed E-state index contributed by atoms with van der Waals surface area (Å²) in [5.41, 5.74) is 0.555. The number of benzene rings is 1. The molecular formula is C18H23FN2O4. The van der Waals surface area contributed by atoms with Gasteiger partial charge in [0.15, 0.2) is 17.5 Å². The first-order valence-electron chi connectivity index (χ1n) is 8.18. The van der Waals surface area contributed by atoms with Crippen LogP contribution in [0.1, 0.15) is 29.1 Å². The van der Waals surface area contributed by atoms with Gasteiger partial charge in [-0.05, 0) is 19.1 Å². The molecule has 0 atom stereocenters. The molecule has 2 aromatic rings. The Bertz CT molecular complexity index is 702. The molecule has 1 aromatic heterocycles. The molecule has 0 saturated carbocycles. The fraction of sp³-hybridized carbons (Fsp3) is 0.444. The zero-order chi connectivity index (χ0) is 18.2. The van der Waals surface area contributed by atoms with Crippen LogP contribution in [0.2, 0.25) is 0 Å². The normalized spacial score (nSPS) is 10.7. The summed E-state index contributed by atoms with van der Waals surface area (Å²) in [6, 6.07) is 6.16. The Balaban J connectivity index is 2.03. The largest absolute Gasteiger partial charge is 0.489 e. The van der Waals surface area contributed by atoms with Gasteiger partial charge in [0, 0.05) is 20.1 Å². The number of carbonyl (C=O) groups is 1. The van der Waals surface area contributed by atoms with Crippen LogP contribution in [0.25, 0.3) is 0 Å². The third-order valence-electron chi connectivity index (χ3n) is 3.65. The van der Waals surface area contributed by atoms with Gasteiger partial charge in [-0.15, -0.1) is 0 Å². The van der Waals surface area contributed by atoms with Gasteiger partial charge in [0.2, 0.25) is 5.76 Å². The highest BCUT2D eigenvalue weighted by Crippen LogP contribution is 2.16. The third kappa shape index (κ3) is 5.03. The summed E-state index contributed by atoms with van der Waals surface area (Å²) in [5.74, 6) is 0.189. The van der Waals surface area contributed by atoms with Crippen molar-refractivity contribution >= 4 is 5.91 Å². The molecule has 136 valence electrons. The maximum absolute atomic E-state index is 13.6. The Morgan fingerprint density at radius 3 is 2.64 bits per heavy atom. The number of hydrogen-bond donors (Lipinski definition) is 0. The van der Waals surface area contributed by atoms with Crippen molar-refractivity contribution < 1.29 is 23.1 Å². The average Bonchev–Trinajstić information content (AvgIpc) is 3.00. The van der Waals surface area contributed by atoms with E-state index in [0.29, 0.717) is 31.2 Å². The fourth-order valence-corrected chi connectivity index (χ4v) is 2.29. The van der Waals surface area contributed by atoms with E-state index in [1.807, 2.05) is 6.92 Å². The smallest absolute Gasteiger partial charge is 0.291 e. The minimum Gasteiger partial charge on any atom is -0.489 e. The monoisotopic (exact) mass is 350 g/mol. The Labute approximate surface area is 146 Å². The molecule has 1 amide bonds. The molecule has 0 N–H and O–H groups in total. The van der Waals surface area contributed by atoms with Crippen LogP contribution in [-0.4, -0.2) is 49.2 Å². The molecule has 0 aliphatic heterocycles. The predicted molar refractivity (Wildman–Crippen MR) is 90.3 cm³/mol. The van der Waals surface area contributed by atoms with Crippen molar-refractivity contribution in [2.45, 2.75) is 20.3 Å². The van der Waals surface area contributed by atoms with Crippen molar-refractivity contribution in [3.05, 3.63) is 47.4 Å². The van der Waals surface area contributed by atoms with Crippen LogP contribution in [0.3, 0.4) is 0 Å². The molecule has 0 aliphatic carbocycles. The number of amides is 1. The van der Waals surface area contributed by atoms with Gasteiger partial charge in [0.25, 0.3) is 5.91 Å². The van der Waals surface area contributed by atoms with Gasteiger partial charge in [-0.1, -0.05) is 19.1 Å². The molecule has 1 aromatic carbocycles. The zero-order valence-corrected chi connectivity index (χ0v) is 14.8. The van der Waals surface area contributed by atoms with E-state index in [2.05, 4.69) is 4.98 Å². The summed E-state index contributed by atoms with van der Waals surface area (Å²) in [5, 5.41) is 0. The second kappa shape index (κ2) is 9.17. The van der Waals surface area contributed by atoms with Crippen molar-refractivity contribution in [3.63, 3.8) is 0 Å². The molecule has 2 rings (SSSR count). The van der Waals surface area contributed by atoms with Gasteiger partial charge in [-0.25, -0.2) is 9.37 Å². The highest BCUT2D eigenvalue weighted by molar-refractivity contribution is 5.92. The Kier molecular flexibility index (Phi) is 6.94. The fourth-order valence-electron chi connectivity index (χ4n) is 2.29. The van der Waals surface area contributed by atoms with Crippen molar-refractivity contribution in [3.8, 4) is 5.75 Å². The summed E-state index contributed by atoms with van der Waals surface area (Å²) in [6.45, 7) is 4.82. The van der Waals surface area contributed by atoms with Crippen LogP contribution in [0.15, 0.2) is 28.7 Å². The van der Waals surface area contributed by atoms with E-state index in [0.717, 1.165) is 0 Å². The maximum atomic E-state index is 13.6. The number of halogens is 1. The second-order valence-electron chi connectivity index (χ2n) is 5.44. The lowest BCUT2D eigenvalue weighted by atomic mass is 10.3. The standard InChI is InChI=1S/C18H23FN2O4/c1-4-16-20-13(2)17(25-16)18(22)21(9-11-23-3)10-12-24-15-8-6-5-7-14(15)19/h5-8H,4,9-12H2,1-3H3. The number of methoxy groups -OCH3 is 1. The van der Waals surface area contributed by atoms with Crippen molar-refractivity contribution in [2.75, 3.05) is 33.4 Å². The van der Waals surface area contributed by atoms with E-state index in [1.54, 1.807) is 37.1 Å².